The Labute approximate surface area is 336 Å². The maximum atomic E-state index is 12.6. The van der Waals surface area contributed by atoms with Crippen molar-refractivity contribution in [3.8, 4) is 0 Å². The van der Waals surface area contributed by atoms with E-state index in [9.17, 15) is 34.4 Å². The van der Waals surface area contributed by atoms with E-state index in [-0.39, 0.29) is 19.4 Å². The van der Waals surface area contributed by atoms with E-state index in [1.807, 2.05) is 49.5 Å². The van der Waals surface area contributed by atoms with Crippen LogP contribution in [0.25, 0.3) is 0 Å². The second-order valence-electron chi connectivity index (χ2n) is 14.2. The fourth-order valence-corrected chi connectivity index (χ4v) is 5.82. The topological polar surface area (TPSA) is 189 Å². The molecule has 0 aromatic rings. The Morgan fingerprint density at radius 2 is 1.29 bits per heavy atom. The highest BCUT2D eigenvalue weighted by Gasteiger charge is 2.27. The van der Waals surface area contributed by atoms with Gasteiger partial charge in [-0.25, -0.2) is 4.57 Å². The zero-order valence-electron chi connectivity index (χ0n) is 34.2. The Bertz CT molecular complexity index is 1210. The third kappa shape index (κ3) is 36.9. The highest BCUT2D eigenvalue weighted by molar-refractivity contribution is 7.47. The van der Waals surface area contributed by atoms with Gasteiger partial charge in [0.25, 0.3) is 0 Å². The number of carbonyl (C=O) groups excluding carboxylic acids is 2. The van der Waals surface area contributed by atoms with Gasteiger partial charge in [-0.05, 0) is 44.4 Å². The molecule has 0 saturated heterocycles. The van der Waals surface area contributed by atoms with Crippen LogP contribution in [0.3, 0.4) is 0 Å². The summed E-state index contributed by atoms with van der Waals surface area (Å²) in [5.41, 5.74) is 0. The van der Waals surface area contributed by atoms with E-state index in [2.05, 4.69) is 18.4 Å². The lowest BCUT2D eigenvalue weighted by Crippen LogP contribution is -2.29. The van der Waals surface area contributed by atoms with Gasteiger partial charge >= 0.3 is 19.8 Å². The molecule has 0 rings (SSSR count). The first-order valence-corrected chi connectivity index (χ1v) is 22.0. The van der Waals surface area contributed by atoms with Gasteiger partial charge in [0, 0.05) is 12.8 Å². The molecule has 0 aliphatic rings. The maximum Gasteiger partial charge on any atom is 0.472 e. The average molecular weight is 813 g/mol. The van der Waals surface area contributed by atoms with Gasteiger partial charge in [0.1, 0.15) is 12.7 Å². The Morgan fingerprint density at radius 1 is 0.679 bits per heavy atom. The van der Waals surface area contributed by atoms with E-state index in [0.29, 0.717) is 32.1 Å². The average Bonchev–Trinajstić information content (AvgIpc) is 3.16. The van der Waals surface area contributed by atoms with E-state index in [1.54, 1.807) is 30.4 Å². The first kappa shape index (κ1) is 53.3. The first-order valence-electron chi connectivity index (χ1n) is 20.5. The van der Waals surface area contributed by atoms with Crippen LogP contribution in [0, 0.1) is 5.92 Å². The van der Waals surface area contributed by atoms with Crippen molar-refractivity contribution in [1.29, 1.82) is 0 Å². The third-order valence-electron chi connectivity index (χ3n) is 8.23. The SMILES string of the molecule is CC/C=C\C[C@H](O)/C=C/C=C\C/C=C\C=C\[C@H](O)/C=C\CCCC(=O)O[C@H](COC(=O)CCCCCCCCCCCC(C)C)COP(=O)(O)OC[C@@H](O)CO. The molecule has 0 fully saturated rings. The number of phosphoric ester groups is 1. The zero-order valence-corrected chi connectivity index (χ0v) is 35.1. The molecule has 0 amide bonds. The Morgan fingerprint density at radius 3 is 1.93 bits per heavy atom. The van der Waals surface area contributed by atoms with E-state index in [4.69, 9.17) is 19.1 Å². The molecule has 0 heterocycles. The first-order chi connectivity index (χ1) is 26.9. The maximum absolute atomic E-state index is 12.6. The number of carbonyl (C=O) groups is 2. The van der Waals surface area contributed by atoms with Crippen LogP contribution in [-0.4, -0.2) is 88.1 Å². The van der Waals surface area contributed by atoms with Gasteiger partial charge in [0.2, 0.25) is 0 Å². The molecule has 0 aliphatic heterocycles. The summed E-state index contributed by atoms with van der Waals surface area (Å²) < 4.78 is 32.5. The minimum absolute atomic E-state index is 0.00501. The fraction of sp³-hybridized carbons (Fsp3) is 0.674. The number of phosphoric acid groups is 1. The van der Waals surface area contributed by atoms with Crippen LogP contribution in [-0.2, 0) is 32.7 Å². The van der Waals surface area contributed by atoms with Gasteiger partial charge in [0.05, 0.1) is 32.0 Å². The molecule has 1 unspecified atom stereocenters. The second-order valence-corrected chi connectivity index (χ2v) is 15.6. The van der Waals surface area contributed by atoms with E-state index in [1.165, 1.54) is 38.5 Å². The number of allylic oxidation sites excluding steroid dienone is 8. The molecule has 56 heavy (non-hydrogen) atoms. The molecular formula is C43H73O12P. The number of hydrogen-bond acceptors (Lipinski definition) is 11. The lowest BCUT2D eigenvalue weighted by Gasteiger charge is -2.20. The van der Waals surface area contributed by atoms with Crippen molar-refractivity contribution in [2.24, 2.45) is 5.92 Å². The second kappa shape index (κ2) is 36.7. The van der Waals surface area contributed by atoms with E-state index < -0.39 is 64.0 Å². The fourth-order valence-electron chi connectivity index (χ4n) is 5.03. The summed E-state index contributed by atoms with van der Waals surface area (Å²) in [6.45, 7) is 4.22. The van der Waals surface area contributed by atoms with Crippen LogP contribution in [0.4, 0.5) is 0 Å². The number of hydrogen-bond donors (Lipinski definition) is 5. The number of aliphatic hydroxyl groups excluding tert-OH is 4. The predicted octanol–water partition coefficient (Wildman–Crippen LogP) is 8.29. The molecule has 0 aromatic carbocycles. The van der Waals surface area contributed by atoms with Gasteiger partial charge in [-0.3, -0.25) is 18.6 Å². The summed E-state index contributed by atoms with van der Waals surface area (Å²) in [5.74, 6) is -0.355. The van der Waals surface area contributed by atoms with Gasteiger partial charge in [-0.1, -0.05) is 151 Å². The Hall–Kier alpha value is -2.67. The molecule has 5 N–H and O–H groups in total. The van der Waals surface area contributed by atoms with Crippen LogP contribution in [0.15, 0.2) is 72.9 Å². The van der Waals surface area contributed by atoms with Crippen molar-refractivity contribution >= 4 is 19.8 Å². The van der Waals surface area contributed by atoms with E-state index >= 15 is 0 Å². The molecule has 0 spiro atoms. The van der Waals surface area contributed by atoms with Crippen LogP contribution >= 0.6 is 7.82 Å². The van der Waals surface area contributed by atoms with Gasteiger partial charge < -0.3 is 34.8 Å². The van der Waals surface area contributed by atoms with Gasteiger partial charge in [-0.15, -0.1) is 0 Å². The lowest BCUT2D eigenvalue weighted by molar-refractivity contribution is -0.161. The largest absolute Gasteiger partial charge is 0.472 e. The number of rotatable bonds is 36. The van der Waals surface area contributed by atoms with Crippen LogP contribution in [0.1, 0.15) is 130 Å². The van der Waals surface area contributed by atoms with Crippen LogP contribution in [0.2, 0.25) is 0 Å². The van der Waals surface area contributed by atoms with Gasteiger partial charge in [-0.2, -0.15) is 0 Å². The Kier molecular flexibility index (Phi) is 34.9. The van der Waals surface area contributed by atoms with Crippen molar-refractivity contribution in [2.45, 2.75) is 154 Å². The molecule has 0 aromatic heterocycles. The standard InChI is InChI=1S/C43H73O12P/c1-4-5-19-27-38(45)28-21-15-11-9-12-16-22-29-39(46)30-23-18-25-32-43(49)55-41(36-54-56(50,51)53-34-40(47)33-44)35-52-42(48)31-24-17-13-8-6-7-10-14-20-26-37(2)3/h5,11-12,15-16,19,21-23,28-30,37-41,44-47H,4,6-10,13-14,17-18,20,24-27,31-36H2,1-3H3,(H,50,51)/b15-11-,16-12-,19-5-,28-21+,29-22+,30-23-/t38-,39-,40-,41+/m0/s1. The quantitative estimate of drug-likeness (QED) is 0.0134. The van der Waals surface area contributed by atoms with Crippen molar-refractivity contribution < 1.29 is 58.0 Å². The smallest absolute Gasteiger partial charge is 0.462 e. The minimum Gasteiger partial charge on any atom is -0.462 e. The Balaban J connectivity index is 4.62. The summed E-state index contributed by atoms with van der Waals surface area (Å²) in [5, 5.41) is 38.3. The van der Waals surface area contributed by atoms with Crippen molar-refractivity contribution in [2.75, 3.05) is 26.4 Å². The number of unbranched alkanes of at least 4 members (excludes halogenated alkanes) is 9. The molecule has 13 heteroatoms. The minimum atomic E-state index is -4.67. The van der Waals surface area contributed by atoms with Crippen LogP contribution < -0.4 is 0 Å². The molecule has 0 saturated carbocycles. The lowest BCUT2D eigenvalue weighted by atomic mass is 10.0. The summed E-state index contributed by atoms with van der Waals surface area (Å²) >= 11 is 0. The molecule has 0 bridgehead atoms. The molecule has 5 atom stereocenters. The number of ether oxygens (including phenoxy) is 2. The normalized spacial score (nSPS) is 15.9. The highest BCUT2D eigenvalue weighted by atomic mass is 31.2. The van der Waals surface area contributed by atoms with Crippen molar-refractivity contribution in [3.63, 3.8) is 0 Å². The highest BCUT2D eigenvalue weighted by Crippen LogP contribution is 2.43. The van der Waals surface area contributed by atoms with E-state index in [0.717, 1.165) is 31.6 Å². The molecule has 12 nitrogen and oxygen atoms in total. The third-order valence-corrected chi connectivity index (χ3v) is 9.18. The van der Waals surface area contributed by atoms with Crippen molar-refractivity contribution in [1.82, 2.24) is 0 Å². The predicted molar refractivity (Wildman–Crippen MR) is 222 cm³/mol. The molecule has 0 aliphatic carbocycles. The van der Waals surface area contributed by atoms with Gasteiger partial charge in [0.15, 0.2) is 6.10 Å². The van der Waals surface area contributed by atoms with Crippen LogP contribution in [0.5, 0.6) is 0 Å². The monoisotopic (exact) mass is 812 g/mol. The summed E-state index contributed by atoms with van der Waals surface area (Å²) in [6.07, 6.45) is 32.5. The number of esters is 2. The summed E-state index contributed by atoms with van der Waals surface area (Å²) in [4.78, 5) is 34.9. The molecular weight excluding hydrogens is 739 g/mol. The molecule has 322 valence electrons. The molecule has 0 radical (unpaired) electrons. The number of aliphatic hydroxyl groups is 4. The van der Waals surface area contributed by atoms with Crippen molar-refractivity contribution in [3.05, 3.63) is 72.9 Å². The zero-order chi connectivity index (χ0) is 41.7. The summed E-state index contributed by atoms with van der Waals surface area (Å²) in [7, 11) is -4.67. The summed E-state index contributed by atoms with van der Waals surface area (Å²) in [6, 6.07) is 0.